The Kier molecular flexibility index (Phi) is 6.59. The van der Waals surface area contributed by atoms with E-state index in [-0.39, 0.29) is 17.9 Å². The second kappa shape index (κ2) is 8.67. The lowest BCUT2D eigenvalue weighted by Gasteiger charge is -2.21. The van der Waals surface area contributed by atoms with Crippen molar-refractivity contribution >= 4 is 17.5 Å². The Balaban J connectivity index is 1.83. The molecule has 0 aromatic heterocycles. The third kappa shape index (κ3) is 4.79. The van der Waals surface area contributed by atoms with E-state index in [9.17, 15) is 9.59 Å². The molecule has 1 aliphatic rings. The van der Waals surface area contributed by atoms with Gasteiger partial charge in [-0.2, -0.15) is 0 Å². The summed E-state index contributed by atoms with van der Waals surface area (Å²) < 4.78 is 0. The summed E-state index contributed by atoms with van der Waals surface area (Å²) in [5.74, 6) is -0.0432. The summed E-state index contributed by atoms with van der Waals surface area (Å²) in [6, 6.07) is 9.32. The van der Waals surface area contributed by atoms with E-state index in [1.807, 2.05) is 37.3 Å². The number of anilines is 1. The minimum atomic E-state index is -0.401. The van der Waals surface area contributed by atoms with Crippen molar-refractivity contribution in [2.24, 2.45) is 5.73 Å². The Morgan fingerprint density at radius 2 is 1.91 bits per heavy atom. The predicted molar refractivity (Wildman–Crippen MR) is 92.1 cm³/mol. The number of amides is 2. The summed E-state index contributed by atoms with van der Waals surface area (Å²) in [6.45, 7) is 2.72. The Morgan fingerprint density at radius 3 is 2.61 bits per heavy atom. The Morgan fingerprint density at radius 1 is 1.22 bits per heavy atom. The van der Waals surface area contributed by atoms with Crippen LogP contribution in [0, 0.1) is 0 Å². The second-order valence-electron chi connectivity index (χ2n) is 6.20. The molecule has 23 heavy (non-hydrogen) atoms. The zero-order chi connectivity index (χ0) is 16.7. The molecule has 1 saturated heterocycles. The molecule has 2 unspecified atom stereocenters. The molecule has 5 heteroatoms. The number of nitrogens with two attached hydrogens (primary N) is 1. The predicted octanol–water partition coefficient (Wildman–Crippen LogP) is 2.21. The van der Waals surface area contributed by atoms with Crippen molar-refractivity contribution in [2.45, 2.75) is 57.5 Å². The Hall–Kier alpha value is -1.88. The largest absolute Gasteiger partial charge is 0.344 e. The molecule has 1 heterocycles. The summed E-state index contributed by atoms with van der Waals surface area (Å²) in [7, 11) is 0. The summed E-state index contributed by atoms with van der Waals surface area (Å²) in [6.07, 6.45) is 5.07. The van der Waals surface area contributed by atoms with Gasteiger partial charge in [-0.1, -0.05) is 31.0 Å². The van der Waals surface area contributed by atoms with Crippen molar-refractivity contribution in [2.75, 3.05) is 11.4 Å². The average molecular weight is 317 g/mol. The molecule has 0 aliphatic carbocycles. The van der Waals surface area contributed by atoms with Gasteiger partial charge < -0.3 is 16.0 Å². The molecular formula is C18H27N3O2. The van der Waals surface area contributed by atoms with Gasteiger partial charge in [-0.25, -0.2) is 0 Å². The van der Waals surface area contributed by atoms with Crippen LogP contribution in [0.15, 0.2) is 30.3 Å². The maximum atomic E-state index is 12.6. The fourth-order valence-corrected chi connectivity index (χ4v) is 3.07. The molecule has 0 bridgehead atoms. The number of nitrogens with zero attached hydrogens (tertiary/aromatic N) is 1. The minimum Gasteiger partial charge on any atom is -0.344 e. The van der Waals surface area contributed by atoms with E-state index in [0.29, 0.717) is 19.4 Å². The van der Waals surface area contributed by atoms with Crippen LogP contribution in [-0.4, -0.2) is 30.4 Å². The number of rotatable bonds is 8. The van der Waals surface area contributed by atoms with Gasteiger partial charge in [0, 0.05) is 18.2 Å². The number of unbranched alkanes of at least 4 members (excludes halogenated alkanes) is 3. The van der Waals surface area contributed by atoms with E-state index in [1.54, 1.807) is 4.90 Å². The number of carbonyl (C=O) groups excluding carboxylic acids is 2. The van der Waals surface area contributed by atoms with Gasteiger partial charge in [-0.15, -0.1) is 0 Å². The van der Waals surface area contributed by atoms with E-state index >= 15 is 0 Å². The van der Waals surface area contributed by atoms with Crippen LogP contribution >= 0.6 is 0 Å². The number of carbonyl (C=O) groups is 2. The number of benzene rings is 1. The topological polar surface area (TPSA) is 75.4 Å². The van der Waals surface area contributed by atoms with Crippen LogP contribution in [-0.2, 0) is 9.59 Å². The van der Waals surface area contributed by atoms with Gasteiger partial charge >= 0.3 is 0 Å². The van der Waals surface area contributed by atoms with Crippen molar-refractivity contribution in [1.29, 1.82) is 0 Å². The van der Waals surface area contributed by atoms with Crippen LogP contribution < -0.4 is 16.0 Å². The van der Waals surface area contributed by atoms with Gasteiger partial charge in [0.2, 0.25) is 11.8 Å². The van der Waals surface area contributed by atoms with E-state index in [0.717, 1.165) is 31.4 Å². The van der Waals surface area contributed by atoms with Crippen molar-refractivity contribution in [3.8, 4) is 0 Å². The zero-order valence-corrected chi connectivity index (χ0v) is 13.8. The van der Waals surface area contributed by atoms with Crippen molar-refractivity contribution in [3.63, 3.8) is 0 Å². The first-order valence-electron chi connectivity index (χ1n) is 8.51. The number of hydrogen-bond donors (Lipinski definition) is 2. The first-order valence-corrected chi connectivity index (χ1v) is 8.51. The molecule has 2 rings (SSSR count). The van der Waals surface area contributed by atoms with Gasteiger partial charge in [-0.05, 0) is 44.9 Å². The fourth-order valence-electron chi connectivity index (χ4n) is 3.07. The van der Waals surface area contributed by atoms with E-state index in [1.165, 1.54) is 0 Å². The van der Waals surface area contributed by atoms with Crippen LogP contribution in [0.25, 0.3) is 0 Å². The van der Waals surface area contributed by atoms with Gasteiger partial charge in [-0.3, -0.25) is 9.59 Å². The highest BCUT2D eigenvalue weighted by Crippen LogP contribution is 2.26. The normalized spacial score (nSPS) is 20.8. The number of nitrogens with one attached hydrogen (secondary N) is 1. The van der Waals surface area contributed by atoms with Crippen LogP contribution in [0.3, 0.4) is 0 Å². The van der Waals surface area contributed by atoms with Gasteiger partial charge in [0.25, 0.3) is 0 Å². The molecule has 0 radical (unpaired) electrons. The van der Waals surface area contributed by atoms with Gasteiger partial charge in [0.15, 0.2) is 0 Å². The molecular weight excluding hydrogens is 290 g/mol. The number of hydrogen-bond acceptors (Lipinski definition) is 3. The van der Waals surface area contributed by atoms with Crippen molar-refractivity contribution in [1.82, 2.24) is 5.32 Å². The molecule has 2 atom stereocenters. The highest BCUT2D eigenvalue weighted by molar-refractivity contribution is 6.01. The molecule has 2 amide bonds. The van der Waals surface area contributed by atoms with Crippen LogP contribution in [0.2, 0.25) is 0 Å². The van der Waals surface area contributed by atoms with E-state index < -0.39 is 6.04 Å². The molecule has 0 saturated carbocycles. The van der Waals surface area contributed by atoms with Crippen molar-refractivity contribution < 1.29 is 9.59 Å². The smallest absolute Gasteiger partial charge is 0.249 e. The molecule has 3 N–H and O–H groups in total. The molecule has 0 spiro atoms. The molecule has 1 aromatic rings. The summed E-state index contributed by atoms with van der Waals surface area (Å²) >= 11 is 0. The second-order valence-corrected chi connectivity index (χ2v) is 6.20. The third-order valence-electron chi connectivity index (χ3n) is 4.28. The minimum absolute atomic E-state index is 0.0137. The first kappa shape index (κ1) is 17.5. The number of para-hydroxylation sites is 1. The molecule has 1 fully saturated rings. The van der Waals surface area contributed by atoms with Gasteiger partial charge in [0.05, 0.1) is 0 Å². The Labute approximate surface area is 138 Å². The van der Waals surface area contributed by atoms with Crippen LogP contribution in [0.5, 0.6) is 0 Å². The lowest BCUT2D eigenvalue weighted by Crippen LogP contribution is -2.41. The Bertz CT molecular complexity index is 518. The monoisotopic (exact) mass is 317 g/mol. The molecule has 1 aromatic carbocycles. The van der Waals surface area contributed by atoms with E-state index in [4.69, 9.17) is 5.73 Å². The van der Waals surface area contributed by atoms with E-state index in [2.05, 4.69) is 5.32 Å². The fraction of sp³-hybridized carbons (Fsp3) is 0.556. The SMILES string of the molecule is CC1CC(NC(=O)CCCCCCN)C(=O)N1c1ccccc1. The first-order chi connectivity index (χ1) is 11.1. The highest BCUT2D eigenvalue weighted by Gasteiger charge is 2.38. The lowest BCUT2D eigenvalue weighted by molar-refractivity contribution is -0.126. The lowest BCUT2D eigenvalue weighted by atomic mass is 10.1. The summed E-state index contributed by atoms with van der Waals surface area (Å²) in [5, 5.41) is 2.89. The summed E-state index contributed by atoms with van der Waals surface area (Å²) in [5.41, 5.74) is 6.34. The van der Waals surface area contributed by atoms with Crippen LogP contribution in [0.1, 0.15) is 45.4 Å². The maximum absolute atomic E-state index is 12.6. The van der Waals surface area contributed by atoms with Gasteiger partial charge in [0.1, 0.15) is 6.04 Å². The third-order valence-corrected chi connectivity index (χ3v) is 4.28. The summed E-state index contributed by atoms with van der Waals surface area (Å²) in [4.78, 5) is 26.4. The molecule has 126 valence electrons. The van der Waals surface area contributed by atoms with Crippen LogP contribution in [0.4, 0.5) is 5.69 Å². The molecule has 1 aliphatic heterocycles. The highest BCUT2D eigenvalue weighted by atomic mass is 16.2. The maximum Gasteiger partial charge on any atom is 0.249 e. The van der Waals surface area contributed by atoms with Crippen molar-refractivity contribution in [3.05, 3.63) is 30.3 Å². The zero-order valence-electron chi connectivity index (χ0n) is 13.8. The molecule has 5 nitrogen and oxygen atoms in total. The average Bonchev–Trinajstić information content (AvgIpc) is 2.82. The quantitative estimate of drug-likeness (QED) is 0.722. The standard InChI is InChI=1S/C18H27N3O2/c1-14-13-16(20-17(22)11-7-2-3-8-12-19)18(23)21(14)15-9-5-4-6-10-15/h4-6,9-10,14,16H,2-3,7-8,11-13,19H2,1H3,(H,20,22).